The van der Waals surface area contributed by atoms with Crippen LogP contribution in [0.2, 0.25) is 0 Å². The van der Waals surface area contributed by atoms with E-state index in [1.54, 1.807) is 0 Å². The number of fused-ring (bicyclic) bond motifs is 5. The zero-order valence-electron chi connectivity index (χ0n) is 44.7. The molecule has 0 saturated carbocycles. The predicted octanol–water partition coefficient (Wildman–Crippen LogP) is 18.2. The molecular formula is C63H84Cl2Zr-4. The van der Waals surface area contributed by atoms with Crippen molar-refractivity contribution in [2.75, 3.05) is 0 Å². The number of rotatable bonds is 1. The van der Waals surface area contributed by atoms with E-state index >= 15 is 0 Å². The summed E-state index contributed by atoms with van der Waals surface area (Å²) in [6.07, 6.45) is 16.4. The molecule has 1 atom stereocenters. The maximum atomic E-state index is 3.85. The molecule has 3 heteroatoms. The maximum absolute atomic E-state index is 3.85. The molecule has 0 amide bonds. The summed E-state index contributed by atoms with van der Waals surface area (Å²) in [4.78, 5) is 0. The van der Waals surface area contributed by atoms with Crippen LogP contribution in [0, 0.1) is 46.4 Å². The van der Waals surface area contributed by atoms with Gasteiger partial charge in [0.15, 0.2) is 0 Å². The topological polar surface area (TPSA) is 0 Å². The SMILES string of the molecule is CC(C)(C)C1=[C-]C(C)(C)c2cc3c(cc21)-c1cc2c(cc1C3)C(C)(C)C=C2C(C)(C)C.CC(C)(C)c1cc[c-]cc1.CC(C)(C)c1cc[c-]cc1.CCC1[C-]=CC(C(C)(C)C)=C1.Cl.Cl.[CH2]=[Zr]. The zero-order valence-corrected chi connectivity index (χ0v) is 48.8. The molecule has 1 unspecified atom stereocenters. The van der Waals surface area contributed by atoms with E-state index in [2.05, 4.69) is 234 Å². The standard InChI is InChI=1S/C31H37.C11H17.2C10H13.CH2.2ClH.Zr/c1-28(2,3)26-16-30(7,8)24-12-18-11-19-13-25-23(15-21(19)20(18)14-22(24)26)27(29(4,5)6)17-31(25,9)10;1-5-9-6-7-10(8-9)11(2,3)4;2*1-10(2,3)9-7-5-4-6-8-9;;;;/h12-16H,11H2,1-10H3;7-9H,5H2,1-4H3;2*5-8H,1-3H3;1H2;2*1H;/q4*-1;;;;. The van der Waals surface area contributed by atoms with Crippen molar-refractivity contribution in [1.82, 2.24) is 0 Å². The van der Waals surface area contributed by atoms with Crippen molar-refractivity contribution < 1.29 is 24.2 Å². The van der Waals surface area contributed by atoms with Crippen LogP contribution in [-0.2, 0) is 52.3 Å². The average Bonchev–Trinajstić information content (AvgIpc) is 3.96. The Morgan fingerprint density at radius 2 is 1.02 bits per heavy atom. The first-order chi connectivity index (χ1) is 29.3. The molecular weight excluding hydrogens is 919 g/mol. The summed E-state index contributed by atoms with van der Waals surface area (Å²) in [6.45, 7) is 45.5. The molecule has 4 aliphatic rings. The molecule has 0 radical (unpaired) electrons. The molecule has 0 N–H and O–H groups in total. The molecule has 0 saturated heterocycles. The van der Waals surface area contributed by atoms with Crippen LogP contribution in [0.5, 0.6) is 0 Å². The Morgan fingerprint density at radius 3 is 1.36 bits per heavy atom. The van der Waals surface area contributed by atoms with Crippen LogP contribution < -0.4 is 0 Å². The summed E-state index contributed by atoms with van der Waals surface area (Å²) in [5, 5.41) is 0. The molecule has 0 fully saturated rings. The third-order valence-electron chi connectivity index (χ3n) is 12.9. The molecule has 4 aliphatic carbocycles. The van der Waals surface area contributed by atoms with Gasteiger partial charge in [-0.15, -0.1) is 36.4 Å². The Balaban J connectivity index is 0.000000351. The first-order valence-corrected chi connectivity index (χ1v) is 25.4. The van der Waals surface area contributed by atoms with E-state index in [0.29, 0.717) is 11.3 Å². The van der Waals surface area contributed by atoms with Crippen LogP contribution in [0.25, 0.3) is 22.3 Å². The first-order valence-electron chi connectivity index (χ1n) is 23.7. The molecule has 0 aliphatic heterocycles. The fourth-order valence-electron chi connectivity index (χ4n) is 8.93. The second-order valence-electron chi connectivity index (χ2n) is 24.5. The van der Waals surface area contributed by atoms with Crippen molar-refractivity contribution in [3.05, 3.63) is 165 Å². The quantitative estimate of drug-likeness (QED) is 0.147. The molecule has 4 aromatic rings. The summed E-state index contributed by atoms with van der Waals surface area (Å²) in [5.74, 6) is 0.573. The van der Waals surface area contributed by atoms with Crippen LogP contribution in [0.1, 0.15) is 189 Å². The summed E-state index contributed by atoms with van der Waals surface area (Å²) < 4.78 is 3.34. The van der Waals surface area contributed by atoms with Crippen LogP contribution >= 0.6 is 24.8 Å². The van der Waals surface area contributed by atoms with E-state index in [0.717, 1.165) is 6.42 Å². The van der Waals surface area contributed by atoms with Crippen molar-refractivity contribution in [3.8, 4) is 11.1 Å². The molecule has 66 heavy (non-hydrogen) atoms. The summed E-state index contributed by atoms with van der Waals surface area (Å²) in [5.41, 5.74) is 19.9. The van der Waals surface area contributed by atoms with Gasteiger partial charge in [-0.05, 0) is 73.1 Å². The van der Waals surface area contributed by atoms with Crippen LogP contribution in [0.3, 0.4) is 0 Å². The van der Waals surface area contributed by atoms with Gasteiger partial charge in [0.1, 0.15) is 0 Å². The van der Waals surface area contributed by atoms with E-state index in [-0.39, 0.29) is 57.3 Å². The predicted molar refractivity (Wildman–Crippen MR) is 293 cm³/mol. The van der Waals surface area contributed by atoms with Gasteiger partial charge in [0.2, 0.25) is 0 Å². The monoisotopic (exact) mass is 1000 g/mol. The van der Waals surface area contributed by atoms with Gasteiger partial charge in [-0.25, -0.2) is 11.6 Å². The van der Waals surface area contributed by atoms with Gasteiger partial charge in [0, 0.05) is 5.41 Å². The van der Waals surface area contributed by atoms with Gasteiger partial charge in [-0.2, -0.15) is 89.0 Å². The van der Waals surface area contributed by atoms with Crippen LogP contribution in [0.4, 0.5) is 0 Å². The molecule has 4 aromatic carbocycles. The molecule has 0 spiro atoms. The van der Waals surface area contributed by atoms with Gasteiger partial charge in [-0.1, -0.05) is 180 Å². The summed E-state index contributed by atoms with van der Waals surface area (Å²) in [7, 11) is 0. The number of hydrogen-bond acceptors (Lipinski definition) is 0. The summed E-state index contributed by atoms with van der Waals surface area (Å²) in [6, 6.07) is 32.3. The normalized spacial score (nSPS) is 17.0. The van der Waals surface area contributed by atoms with E-state index in [9.17, 15) is 0 Å². The van der Waals surface area contributed by atoms with Gasteiger partial charge >= 0.3 is 28.4 Å². The Labute approximate surface area is 432 Å². The number of benzene rings is 4. The van der Waals surface area contributed by atoms with E-state index in [1.165, 1.54) is 103 Å². The third-order valence-corrected chi connectivity index (χ3v) is 12.9. The van der Waals surface area contributed by atoms with Crippen molar-refractivity contribution in [3.63, 3.8) is 0 Å². The average molecular weight is 1000 g/mol. The Morgan fingerprint density at radius 1 is 0.576 bits per heavy atom. The Kier molecular flexibility index (Phi) is 20.0. The molecule has 358 valence electrons. The van der Waals surface area contributed by atoms with Gasteiger partial charge in [0.25, 0.3) is 0 Å². The number of halogens is 2. The molecule has 8 rings (SSSR count). The number of allylic oxidation sites excluding steroid dienone is 8. The third kappa shape index (κ3) is 14.4. The molecule has 0 bridgehead atoms. The fourth-order valence-corrected chi connectivity index (χ4v) is 8.93. The van der Waals surface area contributed by atoms with Crippen molar-refractivity contribution >= 4 is 40.2 Å². The second-order valence-corrected chi connectivity index (χ2v) is 24.5. The van der Waals surface area contributed by atoms with E-state index in [4.69, 9.17) is 0 Å². The number of hydrogen-bond donors (Lipinski definition) is 0. The molecule has 0 aromatic heterocycles. The Hall–Kier alpha value is -2.83. The van der Waals surface area contributed by atoms with E-state index < -0.39 is 0 Å². The van der Waals surface area contributed by atoms with Crippen LogP contribution in [0.15, 0.2) is 96.6 Å². The van der Waals surface area contributed by atoms with Crippen molar-refractivity contribution in [1.29, 1.82) is 0 Å². The molecule has 0 heterocycles. The minimum atomic E-state index is -0.0202. The van der Waals surface area contributed by atoms with Crippen molar-refractivity contribution in [2.45, 2.75) is 173 Å². The van der Waals surface area contributed by atoms with Gasteiger partial charge < -0.3 is 0 Å². The Bertz CT molecular complexity index is 2220. The van der Waals surface area contributed by atoms with E-state index in [1.807, 2.05) is 24.3 Å². The molecule has 0 nitrogen and oxygen atoms in total. The zero-order chi connectivity index (χ0) is 48.4. The fraction of sp³-hybridized carbons (Fsp3) is 0.476. The van der Waals surface area contributed by atoms with Crippen molar-refractivity contribution in [2.24, 2.45) is 22.2 Å². The first kappa shape index (κ1) is 59.3. The van der Waals surface area contributed by atoms with Crippen LogP contribution in [-0.4, -0.2) is 4.21 Å². The minimum absolute atomic E-state index is 0. The second kappa shape index (κ2) is 22.3. The van der Waals surface area contributed by atoms with Gasteiger partial charge in [0.05, 0.1) is 0 Å². The summed E-state index contributed by atoms with van der Waals surface area (Å²) >= 11 is 1.30. The van der Waals surface area contributed by atoms with Gasteiger partial charge in [-0.3, -0.25) is 12.2 Å².